The number of nitriles is 1. The van der Waals surface area contributed by atoms with E-state index in [9.17, 15) is 8.42 Å². The summed E-state index contributed by atoms with van der Waals surface area (Å²) in [6.45, 7) is 0.525. The Morgan fingerprint density at radius 3 is 2.71 bits per heavy atom. The predicted octanol–water partition coefficient (Wildman–Crippen LogP) is 1.39. The fourth-order valence-corrected chi connectivity index (χ4v) is 2.83. The summed E-state index contributed by atoms with van der Waals surface area (Å²) in [7, 11) is -3.32. The Balaban J connectivity index is 2.05. The highest BCUT2D eigenvalue weighted by Gasteiger charge is 2.23. The molecule has 0 atom stereocenters. The van der Waals surface area contributed by atoms with Crippen LogP contribution >= 0.6 is 0 Å². The van der Waals surface area contributed by atoms with Gasteiger partial charge in [0.05, 0.1) is 17.4 Å². The summed E-state index contributed by atoms with van der Waals surface area (Å²) in [6, 6.07) is 8.78. The molecule has 1 fully saturated rings. The molecular weight excluding hydrogens is 236 g/mol. The first-order valence-electron chi connectivity index (χ1n) is 5.56. The summed E-state index contributed by atoms with van der Waals surface area (Å²) in [5, 5.41) is 8.88. The van der Waals surface area contributed by atoms with E-state index >= 15 is 0 Å². The molecule has 0 radical (unpaired) electrons. The van der Waals surface area contributed by atoms with Crippen LogP contribution in [0.3, 0.4) is 0 Å². The quantitative estimate of drug-likeness (QED) is 0.858. The van der Waals surface area contributed by atoms with Crippen molar-refractivity contribution in [2.75, 3.05) is 6.54 Å². The Kier molecular flexibility index (Phi) is 3.46. The smallest absolute Gasteiger partial charge is 0.215 e. The lowest BCUT2D eigenvalue weighted by Crippen LogP contribution is -2.27. The SMILES string of the molecule is N#Cc1ccccc1CS(=O)(=O)NCC1CC1. The van der Waals surface area contributed by atoms with Gasteiger partial charge in [-0.05, 0) is 30.4 Å². The number of benzene rings is 1. The number of sulfonamides is 1. The van der Waals surface area contributed by atoms with Crippen LogP contribution in [0, 0.1) is 17.2 Å². The minimum Gasteiger partial charge on any atom is -0.215 e. The highest BCUT2D eigenvalue weighted by Crippen LogP contribution is 2.27. The standard InChI is InChI=1S/C12H14N2O2S/c13-7-11-3-1-2-4-12(11)9-17(15,16)14-8-10-5-6-10/h1-4,10,14H,5-6,8-9H2. The molecule has 0 unspecified atom stereocenters. The molecule has 0 aliphatic heterocycles. The van der Waals surface area contributed by atoms with E-state index in [2.05, 4.69) is 4.72 Å². The molecule has 0 spiro atoms. The van der Waals surface area contributed by atoms with Crippen LogP contribution in [0.2, 0.25) is 0 Å². The molecule has 1 aliphatic carbocycles. The number of rotatable bonds is 5. The van der Waals surface area contributed by atoms with Gasteiger partial charge in [0.15, 0.2) is 0 Å². The Labute approximate surface area is 101 Å². The number of hydrogen-bond donors (Lipinski definition) is 1. The third-order valence-corrected chi connectivity index (χ3v) is 4.07. The summed E-state index contributed by atoms with van der Waals surface area (Å²) in [5.74, 6) is 0.389. The maximum Gasteiger partial charge on any atom is 0.215 e. The Morgan fingerprint density at radius 1 is 1.35 bits per heavy atom. The third-order valence-electron chi connectivity index (χ3n) is 2.77. The van der Waals surface area contributed by atoms with E-state index in [0.29, 0.717) is 23.6 Å². The number of nitrogens with one attached hydrogen (secondary N) is 1. The molecule has 1 aromatic rings. The molecule has 5 heteroatoms. The summed E-state index contributed by atoms with van der Waals surface area (Å²) in [4.78, 5) is 0. The highest BCUT2D eigenvalue weighted by atomic mass is 32.2. The van der Waals surface area contributed by atoms with Crippen LogP contribution in [-0.2, 0) is 15.8 Å². The monoisotopic (exact) mass is 250 g/mol. The average Bonchev–Trinajstić information content (AvgIpc) is 3.11. The zero-order valence-corrected chi connectivity index (χ0v) is 10.2. The Hall–Kier alpha value is -1.38. The van der Waals surface area contributed by atoms with Crippen LogP contribution in [0.5, 0.6) is 0 Å². The van der Waals surface area contributed by atoms with Gasteiger partial charge in [-0.25, -0.2) is 13.1 Å². The van der Waals surface area contributed by atoms with E-state index in [1.165, 1.54) is 0 Å². The molecule has 1 N–H and O–H groups in total. The van der Waals surface area contributed by atoms with Crippen molar-refractivity contribution in [2.24, 2.45) is 5.92 Å². The average molecular weight is 250 g/mol. The fraction of sp³-hybridized carbons (Fsp3) is 0.417. The second-order valence-corrected chi connectivity index (χ2v) is 6.13. The summed E-state index contributed by atoms with van der Waals surface area (Å²) in [6.07, 6.45) is 2.22. The minimum absolute atomic E-state index is 0.122. The molecule has 0 aromatic heterocycles. The van der Waals surface area contributed by atoms with Gasteiger partial charge in [-0.2, -0.15) is 5.26 Å². The maximum atomic E-state index is 11.8. The lowest BCUT2D eigenvalue weighted by Gasteiger charge is -2.07. The molecule has 17 heavy (non-hydrogen) atoms. The van der Waals surface area contributed by atoms with Gasteiger partial charge in [0.25, 0.3) is 0 Å². The van der Waals surface area contributed by atoms with Crippen molar-refractivity contribution in [2.45, 2.75) is 18.6 Å². The normalized spacial score (nSPS) is 15.5. The van der Waals surface area contributed by atoms with Crippen molar-refractivity contribution < 1.29 is 8.42 Å². The predicted molar refractivity (Wildman–Crippen MR) is 64.5 cm³/mol. The zero-order chi connectivity index (χ0) is 12.3. The molecule has 2 rings (SSSR count). The first-order valence-corrected chi connectivity index (χ1v) is 7.21. The Morgan fingerprint density at radius 2 is 2.06 bits per heavy atom. The van der Waals surface area contributed by atoms with E-state index in [4.69, 9.17) is 5.26 Å². The van der Waals surface area contributed by atoms with Gasteiger partial charge in [0.2, 0.25) is 10.0 Å². The lowest BCUT2D eigenvalue weighted by molar-refractivity contribution is 0.576. The van der Waals surface area contributed by atoms with Crippen LogP contribution in [0.4, 0.5) is 0 Å². The topological polar surface area (TPSA) is 70.0 Å². The van der Waals surface area contributed by atoms with E-state index in [1.54, 1.807) is 24.3 Å². The van der Waals surface area contributed by atoms with Gasteiger partial charge in [0, 0.05) is 6.54 Å². The van der Waals surface area contributed by atoms with Crippen LogP contribution in [0.25, 0.3) is 0 Å². The van der Waals surface area contributed by atoms with Gasteiger partial charge in [-0.1, -0.05) is 18.2 Å². The molecule has 90 valence electrons. The third kappa shape index (κ3) is 3.55. The van der Waals surface area contributed by atoms with Gasteiger partial charge in [0.1, 0.15) is 0 Å². The molecule has 0 heterocycles. The number of nitrogens with zero attached hydrogens (tertiary/aromatic N) is 1. The van der Waals surface area contributed by atoms with E-state index in [0.717, 1.165) is 12.8 Å². The van der Waals surface area contributed by atoms with E-state index < -0.39 is 10.0 Å². The first-order chi connectivity index (χ1) is 8.11. The van der Waals surface area contributed by atoms with Crippen LogP contribution in [-0.4, -0.2) is 15.0 Å². The second kappa shape index (κ2) is 4.86. The molecule has 1 saturated carbocycles. The van der Waals surface area contributed by atoms with Crippen molar-refractivity contribution >= 4 is 10.0 Å². The number of hydrogen-bond acceptors (Lipinski definition) is 3. The van der Waals surface area contributed by atoms with Crippen molar-refractivity contribution in [1.82, 2.24) is 4.72 Å². The summed E-state index contributed by atoms with van der Waals surface area (Å²) >= 11 is 0. The minimum atomic E-state index is -3.32. The summed E-state index contributed by atoms with van der Waals surface area (Å²) in [5.41, 5.74) is 0.975. The van der Waals surface area contributed by atoms with Gasteiger partial charge in [-0.3, -0.25) is 0 Å². The largest absolute Gasteiger partial charge is 0.215 e. The van der Waals surface area contributed by atoms with Crippen LogP contribution < -0.4 is 4.72 Å². The van der Waals surface area contributed by atoms with E-state index in [-0.39, 0.29) is 5.75 Å². The van der Waals surface area contributed by atoms with Crippen molar-refractivity contribution in [3.63, 3.8) is 0 Å². The van der Waals surface area contributed by atoms with Gasteiger partial charge in [-0.15, -0.1) is 0 Å². The summed E-state index contributed by atoms with van der Waals surface area (Å²) < 4.78 is 26.1. The first kappa shape index (κ1) is 12.1. The maximum absolute atomic E-state index is 11.8. The lowest BCUT2D eigenvalue weighted by atomic mass is 10.1. The molecule has 4 nitrogen and oxygen atoms in total. The molecular formula is C12H14N2O2S. The highest BCUT2D eigenvalue weighted by molar-refractivity contribution is 7.88. The van der Waals surface area contributed by atoms with Gasteiger partial charge < -0.3 is 0 Å². The molecule has 1 aromatic carbocycles. The molecule has 0 amide bonds. The van der Waals surface area contributed by atoms with Crippen LogP contribution in [0.15, 0.2) is 24.3 Å². The van der Waals surface area contributed by atoms with Crippen molar-refractivity contribution in [3.8, 4) is 6.07 Å². The second-order valence-electron chi connectivity index (χ2n) is 4.32. The van der Waals surface area contributed by atoms with Gasteiger partial charge >= 0.3 is 0 Å². The van der Waals surface area contributed by atoms with E-state index in [1.807, 2.05) is 6.07 Å². The molecule has 0 saturated heterocycles. The molecule has 1 aliphatic rings. The fourth-order valence-electron chi connectivity index (χ4n) is 1.58. The molecule has 0 bridgehead atoms. The Bertz CT molecular complexity index is 542. The zero-order valence-electron chi connectivity index (χ0n) is 9.39. The van der Waals surface area contributed by atoms with Crippen LogP contribution in [0.1, 0.15) is 24.0 Å². The van der Waals surface area contributed by atoms with Crippen molar-refractivity contribution in [1.29, 1.82) is 5.26 Å². The van der Waals surface area contributed by atoms with Crippen molar-refractivity contribution in [3.05, 3.63) is 35.4 Å².